The minimum Gasteiger partial charge on any atom is -0.294 e. The van der Waals surface area contributed by atoms with Gasteiger partial charge in [0, 0.05) is 11.1 Å². The molecule has 0 aliphatic heterocycles. The predicted octanol–water partition coefficient (Wildman–Crippen LogP) is 2.72. The van der Waals surface area contributed by atoms with Crippen molar-refractivity contribution >= 4 is 17.1 Å². The van der Waals surface area contributed by atoms with Crippen LogP contribution in [-0.2, 0) is 9.59 Å². The Hall–Kier alpha value is -2.22. The van der Waals surface area contributed by atoms with E-state index in [9.17, 15) is 9.59 Å². The first-order valence-corrected chi connectivity index (χ1v) is 5.40. The highest BCUT2D eigenvalue weighted by Gasteiger charge is 2.17. The number of allylic oxidation sites excluding steroid dienone is 6. The van der Waals surface area contributed by atoms with Crippen LogP contribution in [0, 0.1) is 0 Å². The SMILES string of the molecule is CC(=O)/C(=C1/C=CC=CC1=O)c1ccccc1. The average molecular weight is 224 g/mol. The van der Waals surface area contributed by atoms with Crippen LogP contribution in [0.3, 0.4) is 0 Å². The highest BCUT2D eigenvalue weighted by Crippen LogP contribution is 2.23. The molecule has 0 spiro atoms. The Morgan fingerprint density at radius 2 is 1.65 bits per heavy atom. The van der Waals surface area contributed by atoms with Crippen molar-refractivity contribution in [2.45, 2.75) is 6.92 Å². The van der Waals surface area contributed by atoms with Gasteiger partial charge >= 0.3 is 0 Å². The minimum atomic E-state index is -0.124. The summed E-state index contributed by atoms with van der Waals surface area (Å²) in [4.78, 5) is 23.5. The van der Waals surface area contributed by atoms with Crippen molar-refractivity contribution in [3.63, 3.8) is 0 Å². The fraction of sp³-hybridized carbons (Fsp3) is 0.0667. The molecule has 2 rings (SSSR count). The van der Waals surface area contributed by atoms with Crippen LogP contribution in [0.5, 0.6) is 0 Å². The minimum absolute atomic E-state index is 0.0977. The molecule has 0 unspecified atom stereocenters. The molecule has 0 N–H and O–H groups in total. The Bertz CT molecular complexity index is 546. The van der Waals surface area contributed by atoms with Gasteiger partial charge in [0.15, 0.2) is 11.6 Å². The van der Waals surface area contributed by atoms with Crippen molar-refractivity contribution < 1.29 is 9.59 Å². The van der Waals surface area contributed by atoms with Crippen molar-refractivity contribution in [1.82, 2.24) is 0 Å². The van der Waals surface area contributed by atoms with Crippen LogP contribution < -0.4 is 0 Å². The molecular formula is C15H12O2. The summed E-state index contributed by atoms with van der Waals surface area (Å²) in [6.45, 7) is 1.48. The fourth-order valence-corrected chi connectivity index (χ4v) is 1.83. The Balaban J connectivity index is 2.61. The molecule has 0 fully saturated rings. The molecule has 0 heterocycles. The number of ketones is 2. The molecule has 0 atom stereocenters. The molecular weight excluding hydrogens is 212 g/mol. The molecule has 2 nitrogen and oxygen atoms in total. The summed E-state index contributed by atoms with van der Waals surface area (Å²) < 4.78 is 0. The van der Waals surface area contributed by atoms with Gasteiger partial charge in [-0.3, -0.25) is 9.59 Å². The molecule has 0 amide bonds. The molecule has 1 aromatic rings. The molecule has 0 saturated carbocycles. The lowest BCUT2D eigenvalue weighted by Crippen LogP contribution is -2.07. The van der Waals surface area contributed by atoms with E-state index in [1.807, 2.05) is 30.3 Å². The molecule has 0 aromatic heterocycles. The van der Waals surface area contributed by atoms with Gasteiger partial charge in [0.25, 0.3) is 0 Å². The largest absolute Gasteiger partial charge is 0.294 e. The van der Waals surface area contributed by atoms with E-state index in [-0.39, 0.29) is 11.6 Å². The first-order valence-electron chi connectivity index (χ1n) is 5.40. The molecule has 0 radical (unpaired) electrons. The van der Waals surface area contributed by atoms with Gasteiger partial charge in [-0.1, -0.05) is 48.6 Å². The van der Waals surface area contributed by atoms with Crippen LogP contribution in [0.1, 0.15) is 12.5 Å². The van der Waals surface area contributed by atoms with E-state index in [4.69, 9.17) is 0 Å². The lowest BCUT2D eigenvalue weighted by molar-refractivity contribution is -0.113. The predicted molar refractivity (Wildman–Crippen MR) is 67.3 cm³/mol. The highest BCUT2D eigenvalue weighted by molar-refractivity contribution is 6.28. The smallest absolute Gasteiger partial charge is 0.186 e. The van der Waals surface area contributed by atoms with Crippen LogP contribution >= 0.6 is 0 Å². The second-order valence-corrected chi connectivity index (χ2v) is 3.79. The van der Waals surface area contributed by atoms with Crippen LogP contribution in [0.15, 0.2) is 60.2 Å². The third kappa shape index (κ3) is 2.31. The van der Waals surface area contributed by atoms with E-state index >= 15 is 0 Å². The first kappa shape index (κ1) is 11.3. The van der Waals surface area contributed by atoms with Crippen molar-refractivity contribution in [3.8, 4) is 0 Å². The summed E-state index contributed by atoms with van der Waals surface area (Å²) in [5.74, 6) is -0.221. The summed E-state index contributed by atoms with van der Waals surface area (Å²) in [6.07, 6.45) is 6.60. The average Bonchev–Trinajstić information content (AvgIpc) is 2.33. The van der Waals surface area contributed by atoms with Crippen LogP contribution in [-0.4, -0.2) is 11.6 Å². The third-order valence-corrected chi connectivity index (χ3v) is 2.57. The summed E-state index contributed by atoms with van der Waals surface area (Å²) in [5.41, 5.74) is 1.73. The van der Waals surface area contributed by atoms with E-state index in [2.05, 4.69) is 0 Å². The van der Waals surface area contributed by atoms with Crippen LogP contribution in [0.2, 0.25) is 0 Å². The van der Waals surface area contributed by atoms with E-state index in [0.29, 0.717) is 11.1 Å². The van der Waals surface area contributed by atoms with Crippen molar-refractivity contribution in [1.29, 1.82) is 0 Å². The maximum Gasteiger partial charge on any atom is 0.186 e. The standard InChI is InChI=1S/C15H12O2/c1-11(16)15(12-7-3-2-4-8-12)13-9-5-6-10-14(13)17/h2-10H,1H3/b15-13+. The second-order valence-electron chi connectivity index (χ2n) is 3.79. The van der Waals surface area contributed by atoms with Gasteiger partial charge in [-0.2, -0.15) is 0 Å². The molecule has 0 bridgehead atoms. The number of rotatable bonds is 2. The lowest BCUT2D eigenvalue weighted by Gasteiger charge is -2.09. The number of carbonyl (C=O) groups excluding carboxylic acids is 2. The maximum atomic E-state index is 11.8. The summed E-state index contributed by atoms with van der Waals surface area (Å²) in [5, 5.41) is 0. The molecule has 1 aliphatic rings. The van der Waals surface area contributed by atoms with Gasteiger partial charge in [-0.25, -0.2) is 0 Å². The van der Waals surface area contributed by atoms with Crippen molar-refractivity contribution in [3.05, 3.63) is 65.8 Å². The van der Waals surface area contributed by atoms with Crippen LogP contribution in [0.4, 0.5) is 0 Å². The summed E-state index contributed by atoms with van der Waals surface area (Å²) >= 11 is 0. The Morgan fingerprint density at radius 1 is 1.00 bits per heavy atom. The van der Waals surface area contributed by atoms with Gasteiger partial charge in [0.1, 0.15) is 0 Å². The summed E-state index contributed by atoms with van der Waals surface area (Å²) in [7, 11) is 0. The maximum absolute atomic E-state index is 11.8. The number of hydrogen-bond donors (Lipinski definition) is 0. The Labute approximate surface area is 100.0 Å². The van der Waals surface area contributed by atoms with Crippen molar-refractivity contribution in [2.75, 3.05) is 0 Å². The van der Waals surface area contributed by atoms with Crippen LogP contribution in [0.25, 0.3) is 5.57 Å². The topological polar surface area (TPSA) is 34.1 Å². The molecule has 84 valence electrons. The number of benzene rings is 1. The van der Waals surface area contributed by atoms with Gasteiger partial charge < -0.3 is 0 Å². The van der Waals surface area contributed by atoms with E-state index < -0.39 is 0 Å². The lowest BCUT2D eigenvalue weighted by atomic mass is 9.92. The third-order valence-electron chi connectivity index (χ3n) is 2.57. The van der Waals surface area contributed by atoms with E-state index in [0.717, 1.165) is 5.56 Å². The zero-order valence-electron chi connectivity index (χ0n) is 9.51. The number of hydrogen-bond acceptors (Lipinski definition) is 2. The zero-order chi connectivity index (χ0) is 12.3. The molecule has 1 aliphatic carbocycles. The fourth-order valence-electron chi connectivity index (χ4n) is 1.83. The highest BCUT2D eigenvalue weighted by atomic mass is 16.1. The number of carbonyl (C=O) groups is 2. The molecule has 0 saturated heterocycles. The Kier molecular flexibility index (Phi) is 3.15. The van der Waals surface area contributed by atoms with Gasteiger partial charge in [0.2, 0.25) is 0 Å². The molecule has 2 heteroatoms. The first-order chi connectivity index (χ1) is 8.20. The molecule has 1 aromatic carbocycles. The zero-order valence-corrected chi connectivity index (χ0v) is 9.51. The van der Waals surface area contributed by atoms with Gasteiger partial charge in [-0.05, 0) is 18.6 Å². The quantitative estimate of drug-likeness (QED) is 0.724. The van der Waals surface area contributed by atoms with E-state index in [1.54, 1.807) is 18.2 Å². The normalized spacial score (nSPS) is 17.1. The van der Waals surface area contributed by atoms with Gasteiger partial charge in [0.05, 0.1) is 0 Å². The van der Waals surface area contributed by atoms with E-state index in [1.165, 1.54) is 13.0 Å². The van der Waals surface area contributed by atoms with Gasteiger partial charge in [-0.15, -0.1) is 0 Å². The van der Waals surface area contributed by atoms with Crippen molar-refractivity contribution in [2.24, 2.45) is 0 Å². The Morgan fingerprint density at radius 3 is 2.24 bits per heavy atom. The monoisotopic (exact) mass is 224 g/mol. The molecule has 17 heavy (non-hydrogen) atoms. The summed E-state index contributed by atoms with van der Waals surface area (Å²) in [6, 6.07) is 9.26. The number of Topliss-reactive ketones (excluding diaryl/α,β-unsaturated/α-hetero) is 1. The second kappa shape index (κ2) is 4.74.